The van der Waals surface area contributed by atoms with E-state index in [4.69, 9.17) is 4.74 Å². The molecule has 5 rings (SSSR count). The van der Waals surface area contributed by atoms with Gasteiger partial charge in [-0.2, -0.15) is 0 Å². The first-order valence-electron chi connectivity index (χ1n) is 18.2. The molecule has 0 bridgehead atoms. The third kappa shape index (κ3) is 12.4. The van der Waals surface area contributed by atoms with Crippen molar-refractivity contribution in [3.8, 4) is 5.75 Å². The van der Waals surface area contributed by atoms with E-state index in [1.807, 2.05) is 30.3 Å². The summed E-state index contributed by atoms with van der Waals surface area (Å²) in [7, 11) is 4.20. The highest BCUT2D eigenvalue weighted by Gasteiger charge is 2.22. The highest BCUT2D eigenvalue weighted by molar-refractivity contribution is 5.94. The molecule has 0 aromatic heterocycles. The van der Waals surface area contributed by atoms with Gasteiger partial charge in [-0.25, -0.2) is 0 Å². The number of carbonyl (C=O) groups excluding carboxylic acids is 1. The standard InChI is InChI=1S/C41H58N4O2/c1-43(2)26-7-31-47-40-18-14-38(15-19-40)33-45-29-23-36(24-30-45)11-6-10-35-21-27-44(28-22-35)32-37-12-16-39(17-13-37)41(46)42-25-20-34-8-4-3-5-9-34/h3-5,8-9,12-19,35-36H,6-7,10-11,20-33H2,1-2H3,(H,42,46). The lowest BCUT2D eigenvalue weighted by Gasteiger charge is -2.33. The number of rotatable bonds is 17. The van der Waals surface area contributed by atoms with Gasteiger partial charge in [0.2, 0.25) is 0 Å². The Kier molecular flexibility index (Phi) is 14.2. The van der Waals surface area contributed by atoms with Gasteiger partial charge in [0, 0.05) is 31.7 Å². The molecule has 3 aromatic carbocycles. The third-order valence-electron chi connectivity index (χ3n) is 10.2. The van der Waals surface area contributed by atoms with Gasteiger partial charge in [-0.3, -0.25) is 14.6 Å². The molecule has 0 saturated carbocycles. The summed E-state index contributed by atoms with van der Waals surface area (Å²) in [5.41, 5.74) is 4.68. The molecule has 2 aliphatic rings. The summed E-state index contributed by atoms with van der Waals surface area (Å²) in [5, 5.41) is 3.06. The molecule has 0 unspecified atom stereocenters. The second-order valence-electron chi connectivity index (χ2n) is 14.2. The van der Waals surface area contributed by atoms with Crippen LogP contribution in [-0.4, -0.2) is 80.6 Å². The van der Waals surface area contributed by atoms with Crippen LogP contribution < -0.4 is 10.1 Å². The maximum atomic E-state index is 12.6. The molecular weight excluding hydrogens is 580 g/mol. The second-order valence-corrected chi connectivity index (χ2v) is 14.2. The van der Waals surface area contributed by atoms with E-state index in [9.17, 15) is 4.79 Å². The van der Waals surface area contributed by atoms with E-state index in [0.29, 0.717) is 6.54 Å². The van der Waals surface area contributed by atoms with Crippen LogP contribution in [0.1, 0.15) is 78.4 Å². The molecular formula is C41H58N4O2. The van der Waals surface area contributed by atoms with Crippen LogP contribution in [0, 0.1) is 11.8 Å². The zero-order valence-electron chi connectivity index (χ0n) is 29.0. The minimum absolute atomic E-state index is 0.0116. The number of likely N-dealkylation sites (tertiary alicyclic amines) is 2. The van der Waals surface area contributed by atoms with Crippen LogP contribution in [0.25, 0.3) is 0 Å². The Bertz CT molecular complexity index is 1300. The number of amides is 1. The number of ether oxygens (including phenoxy) is 1. The number of piperidine rings is 2. The summed E-state index contributed by atoms with van der Waals surface area (Å²) < 4.78 is 5.90. The van der Waals surface area contributed by atoms with E-state index in [1.165, 1.54) is 87.8 Å². The van der Waals surface area contributed by atoms with Crippen molar-refractivity contribution in [3.63, 3.8) is 0 Å². The minimum atomic E-state index is 0.0116. The van der Waals surface area contributed by atoms with E-state index >= 15 is 0 Å². The minimum Gasteiger partial charge on any atom is -0.494 e. The average molecular weight is 639 g/mol. The lowest BCUT2D eigenvalue weighted by atomic mass is 9.86. The number of nitrogens with zero attached hydrogens (tertiary/aromatic N) is 3. The molecule has 0 radical (unpaired) electrons. The summed E-state index contributed by atoms with van der Waals surface area (Å²) in [5.74, 6) is 2.78. The molecule has 6 heteroatoms. The number of hydrogen-bond acceptors (Lipinski definition) is 5. The quantitative estimate of drug-likeness (QED) is 0.158. The Balaban J connectivity index is 0.900. The number of nitrogens with one attached hydrogen (secondary N) is 1. The van der Waals surface area contributed by atoms with Crippen LogP contribution in [0.2, 0.25) is 0 Å². The van der Waals surface area contributed by atoms with Crippen molar-refractivity contribution < 1.29 is 9.53 Å². The third-order valence-corrected chi connectivity index (χ3v) is 10.2. The van der Waals surface area contributed by atoms with Crippen LogP contribution >= 0.6 is 0 Å². The second kappa shape index (κ2) is 19.0. The molecule has 0 spiro atoms. The first kappa shape index (κ1) is 35.1. The molecule has 254 valence electrons. The van der Waals surface area contributed by atoms with Gasteiger partial charge in [0.1, 0.15) is 5.75 Å². The Morgan fingerprint density at radius 2 is 1.28 bits per heavy atom. The number of hydrogen-bond donors (Lipinski definition) is 1. The molecule has 47 heavy (non-hydrogen) atoms. The molecule has 0 aliphatic carbocycles. The first-order valence-corrected chi connectivity index (χ1v) is 18.2. The average Bonchev–Trinajstić information content (AvgIpc) is 3.10. The highest BCUT2D eigenvalue weighted by Crippen LogP contribution is 2.28. The molecule has 2 aliphatic heterocycles. The van der Waals surface area contributed by atoms with Crippen molar-refractivity contribution in [2.45, 2.75) is 70.9 Å². The Labute approximate surface area is 284 Å². The Morgan fingerprint density at radius 3 is 1.83 bits per heavy atom. The van der Waals surface area contributed by atoms with Crippen molar-refractivity contribution in [3.05, 3.63) is 101 Å². The predicted molar refractivity (Wildman–Crippen MR) is 194 cm³/mol. The van der Waals surface area contributed by atoms with Crippen LogP contribution in [0.3, 0.4) is 0 Å². The van der Waals surface area contributed by atoms with Crippen molar-refractivity contribution in [2.24, 2.45) is 11.8 Å². The topological polar surface area (TPSA) is 48.1 Å². The van der Waals surface area contributed by atoms with E-state index < -0.39 is 0 Å². The fourth-order valence-electron chi connectivity index (χ4n) is 7.17. The van der Waals surface area contributed by atoms with Gasteiger partial charge in [-0.1, -0.05) is 73.9 Å². The lowest BCUT2D eigenvalue weighted by Crippen LogP contribution is -2.34. The van der Waals surface area contributed by atoms with E-state index in [1.54, 1.807) is 0 Å². The predicted octanol–water partition coefficient (Wildman–Crippen LogP) is 7.28. The molecule has 3 aromatic rings. The van der Waals surface area contributed by atoms with Crippen LogP contribution in [0.15, 0.2) is 78.9 Å². The zero-order chi connectivity index (χ0) is 32.7. The smallest absolute Gasteiger partial charge is 0.251 e. The van der Waals surface area contributed by atoms with Crippen molar-refractivity contribution in [2.75, 3.05) is 60.0 Å². The summed E-state index contributed by atoms with van der Waals surface area (Å²) in [6.07, 6.45) is 11.4. The van der Waals surface area contributed by atoms with Gasteiger partial charge in [0.05, 0.1) is 6.61 Å². The maximum absolute atomic E-state index is 12.6. The van der Waals surface area contributed by atoms with Gasteiger partial charge in [0.25, 0.3) is 5.91 Å². The molecule has 2 heterocycles. The highest BCUT2D eigenvalue weighted by atomic mass is 16.5. The van der Waals surface area contributed by atoms with Gasteiger partial charge in [-0.05, 0) is 132 Å². The van der Waals surface area contributed by atoms with Gasteiger partial charge >= 0.3 is 0 Å². The fraction of sp³-hybridized carbons (Fsp3) is 0.537. The lowest BCUT2D eigenvalue weighted by molar-refractivity contribution is 0.0954. The number of carbonyl (C=O) groups is 1. The van der Waals surface area contributed by atoms with Gasteiger partial charge in [0.15, 0.2) is 0 Å². The van der Waals surface area contributed by atoms with Gasteiger partial charge in [-0.15, -0.1) is 0 Å². The van der Waals surface area contributed by atoms with Crippen LogP contribution in [0.4, 0.5) is 0 Å². The summed E-state index contributed by atoms with van der Waals surface area (Å²) in [4.78, 5) is 20.0. The van der Waals surface area contributed by atoms with E-state index in [2.05, 4.69) is 82.6 Å². The summed E-state index contributed by atoms with van der Waals surface area (Å²) in [6, 6.07) is 27.3. The van der Waals surface area contributed by atoms with E-state index in [-0.39, 0.29) is 5.91 Å². The molecule has 0 atom stereocenters. The first-order chi connectivity index (χ1) is 23.0. The zero-order valence-corrected chi connectivity index (χ0v) is 29.0. The molecule has 1 amide bonds. The van der Waals surface area contributed by atoms with E-state index in [0.717, 1.165) is 62.2 Å². The fourth-order valence-corrected chi connectivity index (χ4v) is 7.17. The van der Waals surface area contributed by atoms with Gasteiger partial charge < -0.3 is 15.0 Å². The molecule has 1 N–H and O–H groups in total. The normalized spacial score (nSPS) is 16.8. The van der Waals surface area contributed by atoms with Crippen LogP contribution in [-0.2, 0) is 19.5 Å². The Hall–Kier alpha value is -3.19. The summed E-state index contributed by atoms with van der Waals surface area (Å²) >= 11 is 0. The van der Waals surface area contributed by atoms with Crippen molar-refractivity contribution in [1.29, 1.82) is 0 Å². The molecule has 6 nitrogen and oxygen atoms in total. The summed E-state index contributed by atoms with van der Waals surface area (Å²) in [6.45, 7) is 9.37. The maximum Gasteiger partial charge on any atom is 0.251 e. The Morgan fingerprint density at radius 1 is 0.723 bits per heavy atom. The number of benzene rings is 3. The molecule has 2 saturated heterocycles. The van der Waals surface area contributed by atoms with Crippen molar-refractivity contribution >= 4 is 5.91 Å². The van der Waals surface area contributed by atoms with Crippen molar-refractivity contribution in [1.82, 2.24) is 20.0 Å². The monoisotopic (exact) mass is 638 g/mol. The largest absolute Gasteiger partial charge is 0.494 e. The van der Waals surface area contributed by atoms with Crippen LogP contribution in [0.5, 0.6) is 5.75 Å². The molecule has 2 fully saturated rings. The SMILES string of the molecule is CN(C)CCCOc1ccc(CN2CCC(CCCC3CCN(Cc4ccc(C(=O)NCCc5ccccc5)cc4)CC3)CC2)cc1.